The van der Waals surface area contributed by atoms with Crippen LogP contribution in [0.15, 0.2) is 18.2 Å². The monoisotopic (exact) mass is 249 g/mol. The Kier molecular flexibility index (Phi) is 3.91. The van der Waals surface area contributed by atoms with Gasteiger partial charge in [0.15, 0.2) is 0 Å². The third-order valence-electron chi connectivity index (χ3n) is 3.25. The lowest BCUT2D eigenvalue weighted by atomic mass is 9.89. The summed E-state index contributed by atoms with van der Waals surface area (Å²) in [6.45, 7) is 2.27. The number of nitriles is 1. The molecule has 1 aliphatic carbocycles. The largest absolute Gasteiger partial charge is 0.490 e. The molecule has 0 amide bonds. The molecule has 0 N–H and O–H groups in total. The lowest BCUT2D eigenvalue weighted by molar-refractivity contribution is 0.129. The van der Waals surface area contributed by atoms with Crippen LogP contribution >= 0.6 is 11.6 Å². The summed E-state index contributed by atoms with van der Waals surface area (Å²) in [5, 5.41) is 9.26. The Bertz CT molecular complexity index is 438. The van der Waals surface area contributed by atoms with Crippen molar-refractivity contribution < 1.29 is 4.74 Å². The fraction of sp³-hybridized carbons (Fsp3) is 0.500. The second-order valence-corrected chi connectivity index (χ2v) is 5.17. The minimum absolute atomic E-state index is 0.294. The van der Waals surface area contributed by atoms with Gasteiger partial charge in [0.05, 0.1) is 16.7 Å². The van der Waals surface area contributed by atoms with Gasteiger partial charge in [-0.15, -0.1) is 0 Å². The SMILES string of the molecule is C[C@@H]1CCC[C@@H](Oc2ccc(C#N)c(Cl)c2)C1. The van der Waals surface area contributed by atoms with Gasteiger partial charge in [-0.25, -0.2) is 0 Å². The summed E-state index contributed by atoms with van der Waals surface area (Å²) in [6.07, 6.45) is 5.05. The van der Waals surface area contributed by atoms with Gasteiger partial charge in [-0.1, -0.05) is 24.9 Å². The molecule has 1 aromatic rings. The van der Waals surface area contributed by atoms with Crippen LogP contribution in [0, 0.1) is 17.2 Å². The lowest BCUT2D eigenvalue weighted by Gasteiger charge is -2.27. The van der Waals surface area contributed by atoms with Crippen molar-refractivity contribution >= 4 is 11.6 Å². The van der Waals surface area contributed by atoms with E-state index in [9.17, 15) is 0 Å². The Morgan fingerprint density at radius 2 is 2.24 bits per heavy atom. The minimum atomic E-state index is 0.294. The van der Waals surface area contributed by atoms with Crippen molar-refractivity contribution in [2.24, 2.45) is 5.92 Å². The standard InChI is InChI=1S/C14H16ClNO/c1-10-3-2-4-12(7-10)17-13-6-5-11(9-16)14(15)8-13/h5-6,8,10,12H,2-4,7H2,1H3/t10-,12-/m1/s1. The molecule has 2 nitrogen and oxygen atoms in total. The summed E-state index contributed by atoms with van der Waals surface area (Å²) >= 11 is 5.97. The predicted molar refractivity (Wildman–Crippen MR) is 68.2 cm³/mol. The second kappa shape index (κ2) is 5.42. The molecule has 0 heterocycles. The van der Waals surface area contributed by atoms with Crippen LogP contribution in [0.5, 0.6) is 5.75 Å². The van der Waals surface area contributed by atoms with E-state index >= 15 is 0 Å². The van der Waals surface area contributed by atoms with Crippen molar-refractivity contribution in [2.75, 3.05) is 0 Å². The molecular formula is C14H16ClNO. The van der Waals surface area contributed by atoms with Crippen molar-refractivity contribution in [1.82, 2.24) is 0 Å². The van der Waals surface area contributed by atoms with Crippen LogP contribution in [-0.4, -0.2) is 6.10 Å². The number of nitrogens with zero attached hydrogens (tertiary/aromatic N) is 1. The Morgan fingerprint density at radius 1 is 1.41 bits per heavy atom. The van der Waals surface area contributed by atoms with Crippen LogP contribution in [0.25, 0.3) is 0 Å². The normalized spacial score (nSPS) is 24.1. The first kappa shape index (κ1) is 12.3. The van der Waals surface area contributed by atoms with Crippen molar-refractivity contribution in [1.29, 1.82) is 5.26 Å². The Morgan fingerprint density at radius 3 is 2.88 bits per heavy atom. The van der Waals surface area contributed by atoms with E-state index < -0.39 is 0 Å². The summed E-state index contributed by atoms with van der Waals surface area (Å²) in [5.74, 6) is 1.51. The molecule has 0 radical (unpaired) electrons. The van der Waals surface area contributed by atoms with E-state index in [1.807, 2.05) is 12.1 Å². The summed E-state index contributed by atoms with van der Waals surface area (Å²) in [7, 11) is 0. The van der Waals surface area contributed by atoms with Gasteiger partial charge in [0.25, 0.3) is 0 Å². The summed E-state index contributed by atoms with van der Waals surface area (Å²) in [5.41, 5.74) is 0.496. The first-order chi connectivity index (χ1) is 8.19. The quantitative estimate of drug-likeness (QED) is 0.788. The highest BCUT2D eigenvalue weighted by Gasteiger charge is 2.20. The predicted octanol–water partition coefficient (Wildman–Crippen LogP) is 4.17. The molecule has 90 valence electrons. The van der Waals surface area contributed by atoms with E-state index in [1.54, 1.807) is 12.1 Å². The first-order valence-corrected chi connectivity index (χ1v) is 6.43. The van der Waals surface area contributed by atoms with Gasteiger partial charge in [0.2, 0.25) is 0 Å². The molecule has 0 saturated heterocycles. The number of hydrogen-bond acceptors (Lipinski definition) is 2. The maximum atomic E-state index is 8.79. The van der Waals surface area contributed by atoms with Crippen LogP contribution in [0.1, 0.15) is 38.2 Å². The second-order valence-electron chi connectivity index (χ2n) is 4.77. The van der Waals surface area contributed by atoms with Crippen LogP contribution in [0.3, 0.4) is 0 Å². The molecule has 1 saturated carbocycles. The van der Waals surface area contributed by atoms with Crippen molar-refractivity contribution in [2.45, 2.75) is 38.7 Å². The summed E-state index contributed by atoms with van der Waals surface area (Å²) in [6, 6.07) is 7.32. The van der Waals surface area contributed by atoms with E-state index in [2.05, 4.69) is 6.92 Å². The third kappa shape index (κ3) is 3.14. The molecule has 1 aromatic carbocycles. The van der Waals surface area contributed by atoms with Gasteiger partial charge in [-0.05, 0) is 37.3 Å². The molecule has 1 fully saturated rings. The molecule has 3 heteroatoms. The first-order valence-electron chi connectivity index (χ1n) is 6.05. The molecule has 2 rings (SSSR count). The Hall–Kier alpha value is -1.20. The smallest absolute Gasteiger partial charge is 0.121 e. The highest BCUT2D eigenvalue weighted by Crippen LogP contribution is 2.29. The molecule has 0 aromatic heterocycles. The van der Waals surface area contributed by atoms with E-state index in [-0.39, 0.29) is 0 Å². The molecule has 0 aliphatic heterocycles. The molecule has 17 heavy (non-hydrogen) atoms. The zero-order valence-electron chi connectivity index (χ0n) is 9.95. The fourth-order valence-electron chi connectivity index (χ4n) is 2.34. The van der Waals surface area contributed by atoms with Crippen LogP contribution in [-0.2, 0) is 0 Å². The Labute approximate surface area is 107 Å². The van der Waals surface area contributed by atoms with Crippen molar-refractivity contribution in [3.8, 4) is 11.8 Å². The Balaban J connectivity index is 2.04. The maximum absolute atomic E-state index is 8.79. The molecular weight excluding hydrogens is 234 g/mol. The molecule has 0 unspecified atom stereocenters. The van der Waals surface area contributed by atoms with Crippen LogP contribution in [0.4, 0.5) is 0 Å². The van der Waals surface area contributed by atoms with Crippen molar-refractivity contribution in [3.63, 3.8) is 0 Å². The van der Waals surface area contributed by atoms with Gasteiger partial charge in [-0.3, -0.25) is 0 Å². The van der Waals surface area contributed by atoms with E-state index in [0.29, 0.717) is 16.7 Å². The molecule has 1 aliphatic rings. The fourth-order valence-corrected chi connectivity index (χ4v) is 2.55. The highest BCUT2D eigenvalue weighted by molar-refractivity contribution is 6.31. The van der Waals surface area contributed by atoms with E-state index in [1.165, 1.54) is 12.8 Å². The third-order valence-corrected chi connectivity index (χ3v) is 3.56. The van der Waals surface area contributed by atoms with E-state index in [4.69, 9.17) is 21.6 Å². The van der Waals surface area contributed by atoms with Gasteiger partial charge in [-0.2, -0.15) is 5.26 Å². The zero-order valence-corrected chi connectivity index (χ0v) is 10.7. The van der Waals surface area contributed by atoms with E-state index in [0.717, 1.165) is 24.5 Å². The molecule has 0 bridgehead atoms. The zero-order chi connectivity index (χ0) is 12.3. The van der Waals surface area contributed by atoms with Crippen LogP contribution < -0.4 is 4.74 Å². The van der Waals surface area contributed by atoms with Crippen LogP contribution in [0.2, 0.25) is 5.02 Å². The highest BCUT2D eigenvalue weighted by atomic mass is 35.5. The minimum Gasteiger partial charge on any atom is -0.490 e. The van der Waals surface area contributed by atoms with Gasteiger partial charge in [0.1, 0.15) is 11.8 Å². The number of rotatable bonds is 2. The topological polar surface area (TPSA) is 33.0 Å². The summed E-state index contributed by atoms with van der Waals surface area (Å²) < 4.78 is 5.91. The maximum Gasteiger partial charge on any atom is 0.121 e. The molecule has 0 spiro atoms. The number of halogens is 1. The van der Waals surface area contributed by atoms with Gasteiger partial charge >= 0.3 is 0 Å². The lowest BCUT2D eigenvalue weighted by Crippen LogP contribution is -2.24. The number of ether oxygens (including phenoxy) is 1. The summed E-state index contributed by atoms with van der Waals surface area (Å²) in [4.78, 5) is 0. The van der Waals surface area contributed by atoms with Gasteiger partial charge in [0, 0.05) is 6.07 Å². The van der Waals surface area contributed by atoms with Gasteiger partial charge < -0.3 is 4.74 Å². The average Bonchev–Trinajstić information content (AvgIpc) is 2.29. The number of hydrogen-bond donors (Lipinski definition) is 0. The number of benzene rings is 1. The average molecular weight is 250 g/mol. The van der Waals surface area contributed by atoms with Crippen molar-refractivity contribution in [3.05, 3.63) is 28.8 Å². The molecule has 2 atom stereocenters.